The monoisotopic (exact) mass is 400 g/mol. The molecule has 4 aliphatic rings. The van der Waals surface area contributed by atoms with Gasteiger partial charge in [-0.05, 0) is 31.0 Å². The van der Waals surface area contributed by atoms with Crippen molar-refractivity contribution in [1.82, 2.24) is 15.1 Å². The predicted octanol–water partition coefficient (Wildman–Crippen LogP) is 2.40. The number of urea groups is 1. The van der Waals surface area contributed by atoms with Gasteiger partial charge in [0.15, 0.2) is 0 Å². The SMILES string of the molecule is CNC(=O)N1CCN(c2ccc3c(c2)COC2(CCN(C4CCC4)CC2)O3)CC1. The second-order valence-electron chi connectivity index (χ2n) is 8.74. The lowest BCUT2D eigenvalue weighted by Gasteiger charge is -2.47. The molecule has 2 amide bonds. The molecule has 2 saturated heterocycles. The van der Waals surface area contributed by atoms with Crippen molar-refractivity contribution in [3.8, 4) is 5.75 Å². The molecule has 3 aliphatic heterocycles. The number of piperidine rings is 1. The number of carbonyl (C=O) groups excluding carboxylic acids is 1. The third-order valence-electron chi connectivity index (χ3n) is 7.13. The van der Waals surface area contributed by atoms with E-state index in [-0.39, 0.29) is 6.03 Å². The van der Waals surface area contributed by atoms with Gasteiger partial charge in [-0.15, -0.1) is 0 Å². The lowest BCUT2D eigenvalue weighted by Crippen LogP contribution is -2.54. The van der Waals surface area contributed by atoms with Crippen molar-refractivity contribution in [1.29, 1.82) is 0 Å². The highest BCUT2D eigenvalue weighted by molar-refractivity contribution is 5.74. The molecule has 1 N–H and O–H groups in total. The standard InChI is InChI=1S/C22H32N4O3/c1-23-21(27)26-13-11-25(12-14-26)19-5-6-20-17(15-19)16-28-22(29-20)7-9-24(10-8-22)18-3-2-4-18/h5-6,15,18H,2-4,7-14,16H2,1H3,(H,23,27). The predicted molar refractivity (Wildman–Crippen MR) is 111 cm³/mol. The number of nitrogens with zero attached hydrogens (tertiary/aromatic N) is 3. The van der Waals surface area contributed by atoms with Gasteiger partial charge in [-0.2, -0.15) is 0 Å². The summed E-state index contributed by atoms with van der Waals surface area (Å²) in [6.45, 7) is 5.94. The van der Waals surface area contributed by atoms with Crippen LogP contribution >= 0.6 is 0 Å². The van der Waals surface area contributed by atoms with Crippen LogP contribution in [0.1, 0.15) is 37.7 Å². The molecule has 0 bridgehead atoms. The molecule has 1 saturated carbocycles. The number of likely N-dealkylation sites (tertiary alicyclic amines) is 1. The Hall–Kier alpha value is -1.99. The first-order valence-electron chi connectivity index (χ1n) is 11.1. The van der Waals surface area contributed by atoms with Crippen LogP contribution in [-0.2, 0) is 11.3 Å². The van der Waals surface area contributed by atoms with E-state index in [2.05, 4.69) is 33.3 Å². The van der Waals surface area contributed by atoms with E-state index >= 15 is 0 Å². The Labute approximate surface area is 172 Å². The molecule has 158 valence electrons. The molecule has 3 heterocycles. The van der Waals surface area contributed by atoms with Gasteiger partial charge in [0.2, 0.25) is 5.79 Å². The highest BCUT2D eigenvalue weighted by Crippen LogP contribution is 2.40. The molecule has 0 aromatic heterocycles. The van der Waals surface area contributed by atoms with Gasteiger partial charge in [-0.25, -0.2) is 4.79 Å². The van der Waals surface area contributed by atoms with Crippen molar-refractivity contribution in [3.63, 3.8) is 0 Å². The fraction of sp³-hybridized carbons (Fsp3) is 0.682. The summed E-state index contributed by atoms with van der Waals surface area (Å²) in [4.78, 5) is 18.6. The molecule has 0 atom stereocenters. The average molecular weight is 401 g/mol. The highest BCUT2D eigenvalue weighted by atomic mass is 16.7. The summed E-state index contributed by atoms with van der Waals surface area (Å²) in [6.07, 6.45) is 6.00. The molecular weight excluding hydrogens is 368 g/mol. The number of piperazine rings is 1. The Morgan fingerprint density at radius 1 is 1.10 bits per heavy atom. The first-order chi connectivity index (χ1) is 14.2. The molecule has 0 radical (unpaired) electrons. The van der Waals surface area contributed by atoms with E-state index in [0.29, 0.717) is 6.61 Å². The quantitative estimate of drug-likeness (QED) is 0.826. The summed E-state index contributed by atoms with van der Waals surface area (Å²) in [6, 6.07) is 7.26. The van der Waals surface area contributed by atoms with Crippen molar-refractivity contribution in [3.05, 3.63) is 23.8 Å². The molecule has 29 heavy (non-hydrogen) atoms. The van der Waals surface area contributed by atoms with Gasteiger partial charge in [-0.1, -0.05) is 6.42 Å². The van der Waals surface area contributed by atoms with E-state index in [4.69, 9.17) is 9.47 Å². The van der Waals surface area contributed by atoms with Crippen LogP contribution in [0.5, 0.6) is 5.75 Å². The summed E-state index contributed by atoms with van der Waals surface area (Å²) in [7, 11) is 1.68. The topological polar surface area (TPSA) is 57.3 Å². The molecule has 1 spiro atoms. The molecule has 3 fully saturated rings. The van der Waals surface area contributed by atoms with E-state index in [1.165, 1.54) is 24.9 Å². The largest absolute Gasteiger partial charge is 0.462 e. The van der Waals surface area contributed by atoms with Crippen molar-refractivity contribution in [2.45, 2.75) is 50.5 Å². The van der Waals surface area contributed by atoms with Crippen LogP contribution in [0.3, 0.4) is 0 Å². The first kappa shape index (κ1) is 19.0. The van der Waals surface area contributed by atoms with Gasteiger partial charge in [0, 0.05) is 76.5 Å². The smallest absolute Gasteiger partial charge is 0.317 e. The van der Waals surface area contributed by atoms with Gasteiger partial charge in [-0.3, -0.25) is 4.90 Å². The van der Waals surface area contributed by atoms with Crippen LogP contribution in [0.15, 0.2) is 18.2 Å². The third kappa shape index (κ3) is 3.66. The maximum Gasteiger partial charge on any atom is 0.317 e. The summed E-state index contributed by atoms with van der Waals surface area (Å²) < 4.78 is 12.7. The number of amides is 2. The fourth-order valence-corrected chi connectivity index (χ4v) is 4.97. The number of carbonyl (C=O) groups is 1. The number of rotatable bonds is 2. The Bertz CT molecular complexity index is 750. The van der Waals surface area contributed by atoms with E-state index in [9.17, 15) is 4.79 Å². The van der Waals surface area contributed by atoms with Crippen LogP contribution in [0, 0.1) is 0 Å². The lowest BCUT2D eigenvalue weighted by atomic mass is 9.89. The normalized spacial score (nSPS) is 24.6. The lowest BCUT2D eigenvalue weighted by molar-refractivity contribution is -0.231. The molecule has 1 aromatic rings. The molecule has 7 heteroatoms. The zero-order valence-electron chi connectivity index (χ0n) is 17.4. The van der Waals surface area contributed by atoms with Crippen LogP contribution in [0.25, 0.3) is 0 Å². The highest BCUT2D eigenvalue weighted by Gasteiger charge is 2.42. The minimum Gasteiger partial charge on any atom is -0.462 e. The Morgan fingerprint density at radius 2 is 1.86 bits per heavy atom. The average Bonchev–Trinajstić information content (AvgIpc) is 2.73. The number of benzene rings is 1. The number of fused-ring (bicyclic) bond motifs is 1. The number of nitrogens with one attached hydrogen (secondary N) is 1. The van der Waals surface area contributed by atoms with Gasteiger partial charge in [0.25, 0.3) is 0 Å². The molecule has 0 unspecified atom stereocenters. The van der Waals surface area contributed by atoms with Crippen molar-refractivity contribution >= 4 is 11.7 Å². The molecule has 5 rings (SSSR count). The number of hydrogen-bond acceptors (Lipinski definition) is 5. The van der Waals surface area contributed by atoms with E-state index in [1.54, 1.807) is 7.05 Å². The summed E-state index contributed by atoms with van der Waals surface area (Å²) >= 11 is 0. The zero-order valence-corrected chi connectivity index (χ0v) is 17.4. The van der Waals surface area contributed by atoms with E-state index in [0.717, 1.165) is 69.5 Å². The van der Waals surface area contributed by atoms with E-state index in [1.807, 2.05) is 4.90 Å². The van der Waals surface area contributed by atoms with E-state index < -0.39 is 5.79 Å². The minimum atomic E-state index is -0.437. The second kappa shape index (κ2) is 7.69. The van der Waals surface area contributed by atoms with Crippen molar-refractivity contribution in [2.24, 2.45) is 0 Å². The van der Waals surface area contributed by atoms with Crippen molar-refractivity contribution < 1.29 is 14.3 Å². The summed E-state index contributed by atoms with van der Waals surface area (Å²) in [5.41, 5.74) is 2.31. The minimum absolute atomic E-state index is 0.00513. The number of hydrogen-bond donors (Lipinski definition) is 1. The Kier molecular flexibility index (Phi) is 5.04. The third-order valence-corrected chi connectivity index (χ3v) is 7.13. The molecule has 7 nitrogen and oxygen atoms in total. The number of ether oxygens (including phenoxy) is 2. The van der Waals surface area contributed by atoms with Gasteiger partial charge in [0.05, 0.1) is 6.61 Å². The van der Waals surface area contributed by atoms with Crippen LogP contribution < -0.4 is 15.0 Å². The summed E-state index contributed by atoms with van der Waals surface area (Å²) in [5, 5.41) is 2.71. The fourth-order valence-electron chi connectivity index (χ4n) is 4.97. The molecule has 1 aromatic carbocycles. The maximum absolute atomic E-state index is 11.8. The van der Waals surface area contributed by atoms with Crippen molar-refractivity contribution in [2.75, 3.05) is 51.2 Å². The first-order valence-corrected chi connectivity index (χ1v) is 11.1. The summed E-state index contributed by atoms with van der Waals surface area (Å²) in [5.74, 6) is 0.537. The van der Waals surface area contributed by atoms with Crippen LogP contribution in [-0.4, -0.2) is 74.0 Å². The van der Waals surface area contributed by atoms with Crippen LogP contribution in [0.4, 0.5) is 10.5 Å². The Balaban J connectivity index is 1.21. The van der Waals surface area contributed by atoms with Gasteiger partial charge >= 0.3 is 6.03 Å². The van der Waals surface area contributed by atoms with Gasteiger partial charge in [0.1, 0.15) is 5.75 Å². The van der Waals surface area contributed by atoms with Gasteiger partial charge < -0.3 is 24.6 Å². The number of anilines is 1. The Morgan fingerprint density at radius 3 is 2.52 bits per heavy atom. The maximum atomic E-state index is 11.8. The molecule has 1 aliphatic carbocycles. The van der Waals surface area contributed by atoms with Crippen LogP contribution in [0.2, 0.25) is 0 Å². The zero-order chi connectivity index (χ0) is 19.8. The molecular formula is C22H32N4O3. The second-order valence-corrected chi connectivity index (χ2v) is 8.74.